The molecule has 1 aliphatic rings. The Labute approximate surface area is 111 Å². The molecule has 1 saturated carbocycles. The molecule has 2 aromatic heterocycles. The van der Waals surface area contributed by atoms with Gasteiger partial charge in [0.15, 0.2) is 5.82 Å². The highest BCUT2D eigenvalue weighted by Gasteiger charge is 2.20. The molecule has 0 bridgehead atoms. The van der Waals surface area contributed by atoms with Crippen molar-refractivity contribution in [3.05, 3.63) is 24.3 Å². The molecule has 6 heteroatoms. The molecule has 2 aromatic rings. The van der Waals surface area contributed by atoms with Crippen LogP contribution < -0.4 is 5.73 Å². The van der Waals surface area contributed by atoms with Crippen molar-refractivity contribution < 1.29 is 0 Å². The lowest BCUT2D eigenvalue weighted by molar-refractivity contribution is 0.428. The molecule has 2 heterocycles. The zero-order chi connectivity index (χ0) is 13.1. The first-order valence-electron chi connectivity index (χ1n) is 6.62. The Morgan fingerprint density at radius 3 is 2.37 bits per heavy atom. The molecule has 0 spiro atoms. The van der Waals surface area contributed by atoms with Crippen molar-refractivity contribution in [3.63, 3.8) is 0 Å². The van der Waals surface area contributed by atoms with Crippen LogP contribution in [0.2, 0.25) is 0 Å². The summed E-state index contributed by atoms with van der Waals surface area (Å²) in [6.45, 7) is 0. The Kier molecular flexibility index (Phi) is 3.31. The monoisotopic (exact) mass is 256 g/mol. The number of anilines is 1. The van der Waals surface area contributed by atoms with Gasteiger partial charge < -0.3 is 5.73 Å². The first kappa shape index (κ1) is 12.0. The second-order valence-electron chi connectivity index (χ2n) is 4.78. The van der Waals surface area contributed by atoms with Crippen LogP contribution in [0.4, 0.5) is 5.95 Å². The molecule has 1 aliphatic carbocycles. The summed E-state index contributed by atoms with van der Waals surface area (Å²) < 4.78 is 0. The topological polar surface area (TPSA) is 90.5 Å². The standard InChI is InChI=1S/C13H16N6/c14-13-18-10(9-5-2-1-3-6-9)17-12(19-13)11-15-7-4-8-16-11/h4,7-9H,1-3,5-6H2,(H2,14,17,18,19). The molecule has 19 heavy (non-hydrogen) atoms. The van der Waals surface area contributed by atoms with Gasteiger partial charge in [0.25, 0.3) is 0 Å². The Hall–Kier alpha value is -2.11. The molecule has 6 nitrogen and oxygen atoms in total. The third kappa shape index (κ3) is 2.67. The molecular formula is C13H16N6. The fourth-order valence-electron chi connectivity index (χ4n) is 2.47. The van der Waals surface area contributed by atoms with Crippen molar-refractivity contribution in [2.24, 2.45) is 0 Å². The highest BCUT2D eigenvalue weighted by molar-refractivity contribution is 5.44. The van der Waals surface area contributed by atoms with Crippen LogP contribution in [0.15, 0.2) is 18.5 Å². The van der Waals surface area contributed by atoms with E-state index in [0.717, 1.165) is 18.7 Å². The highest BCUT2D eigenvalue weighted by Crippen LogP contribution is 2.31. The van der Waals surface area contributed by atoms with E-state index in [2.05, 4.69) is 24.9 Å². The van der Waals surface area contributed by atoms with Gasteiger partial charge in [-0.05, 0) is 18.9 Å². The van der Waals surface area contributed by atoms with E-state index in [4.69, 9.17) is 5.73 Å². The predicted molar refractivity (Wildman–Crippen MR) is 71.1 cm³/mol. The molecule has 1 fully saturated rings. The summed E-state index contributed by atoms with van der Waals surface area (Å²) in [5, 5.41) is 0. The zero-order valence-electron chi connectivity index (χ0n) is 10.7. The van der Waals surface area contributed by atoms with E-state index in [9.17, 15) is 0 Å². The second kappa shape index (κ2) is 5.26. The van der Waals surface area contributed by atoms with Crippen molar-refractivity contribution in [2.75, 3.05) is 5.73 Å². The van der Waals surface area contributed by atoms with Gasteiger partial charge in [0.2, 0.25) is 11.8 Å². The van der Waals surface area contributed by atoms with Crippen LogP contribution in [0.3, 0.4) is 0 Å². The molecule has 0 radical (unpaired) electrons. The van der Waals surface area contributed by atoms with Crippen molar-refractivity contribution in [1.29, 1.82) is 0 Å². The third-order valence-corrected chi connectivity index (χ3v) is 3.41. The molecule has 0 saturated heterocycles. The predicted octanol–water partition coefficient (Wildman–Crippen LogP) is 1.96. The second-order valence-corrected chi connectivity index (χ2v) is 4.78. The van der Waals surface area contributed by atoms with Gasteiger partial charge in [0, 0.05) is 18.3 Å². The molecule has 0 unspecified atom stereocenters. The lowest BCUT2D eigenvalue weighted by Gasteiger charge is -2.20. The quantitative estimate of drug-likeness (QED) is 0.883. The number of nitrogen functional groups attached to an aromatic ring is 1. The van der Waals surface area contributed by atoms with Gasteiger partial charge in [-0.15, -0.1) is 0 Å². The number of rotatable bonds is 2. The first-order valence-corrected chi connectivity index (χ1v) is 6.62. The average molecular weight is 256 g/mol. The van der Waals surface area contributed by atoms with Crippen LogP contribution in [0, 0.1) is 0 Å². The van der Waals surface area contributed by atoms with Crippen LogP contribution >= 0.6 is 0 Å². The van der Waals surface area contributed by atoms with Crippen LogP contribution in [0.25, 0.3) is 11.6 Å². The van der Waals surface area contributed by atoms with Crippen LogP contribution in [-0.2, 0) is 0 Å². The maximum atomic E-state index is 5.79. The minimum absolute atomic E-state index is 0.248. The molecule has 2 N–H and O–H groups in total. The summed E-state index contributed by atoms with van der Waals surface area (Å²) >= 11 is 0. The van der Waals surface area contributed by atoms with Crippen molar-refractivity contribution >= 4 is 5.95 Å². The zero-order valence-corrected chi connectivity index (χ0v) is 10.7. The van der Waals surface area contributed by atoms with Crippen LogP contribution in [0.5, 0.6) is 0 Å². The molecule has 0 aromatic carbocycles. The van der Waals surface area contributed by atoms with Gasteiger partial charge >= 0.3 is 0 Å². The fourth-order valence-corrected chi connectivity index (χ4v) is 2.47. The van der Waals surface area contributed by atoms with E-state index in [0.29, 0.717) is 17.6 Å². The average Bonchev–Trinajstić information content (AvgIpc) is 2.48. The van der Waals surface area contributed by atoms with Gasteiger partial charge in [0.1, 0.15) is 5.82 Å². The Bertz CT molecular complexity index is 550. The normalized spacial score (nSPS) is 16.4. The van der Waals surface area contributed by atoms with E-state index in [1.807, 2.05) is 0 Å². The summed E-state index contributed by atoms with van der Waals surface area (Å²) in [4.78, 5) is 21.2. The summed E-state index contributed by atoms with van der Waals surface area (Å²) in [7, 11) is 0. The number of aromatic nitrogens is 5. The molecular weight excluding hydrogens is 240 g/mol. The Balaban J connectivity index is 1.96. The van der Waals surface area contributed by atoms with E-state index < -0.39 is 0 Å². The van der Waals surface area contributed by atoms with Crippen molar-refractivity contribution in [2.45, 2.75) is 38.0 Å². The van der Waals surface area contributed by atoms with Crippen molar-refractivity contribution in [1.82, 2.24) is 24.9 Å². The third-order valence-electron chi connectivity index (χ3n) is 3.41. The number of nitrogens with two attached hydrogens (primary N) is 1. The van der Waals surface area contributed by atoms with Crippen LogP contribution in [-0.4, -0.2) is 24.9 Å². The maximum Gasteiger partial charge on any atom is 0.223 e. The number of nitrogens with zero attached hydrogens (tertiary/aromatic N) is 5. The minimum atomic E-state index is 0.248. The first-order chi connectivity index (χ1) is 9.33. The lowest BCUT2D eigenvalue weighted by Crippen LogP contribution is -2.12. The lowest BCUT2D eigenvalue weighted by atomic mass is 9.89. The summed E-state index contributed by atoms with van der Waals surface area (Å²) in [6, 6.07) is 1.76. The molecule has 98 valence electrons. The minimum Gasteiger partial charge on any atom is -0.368 e. The molecule has 3 rings (SSSR count). The van der Waals surface area contributed by atoms with E-state index >= 15 is 0 Å². The van der Waals surface area contributed by atoms with Gasteiger partial charge in [-0.3, -0.25) is 0 Å². The summed E-state index contributed by atoms with van der Waals surface area (Å²) in [5.74, 6) is 2.39. The van der Waals surface area contributed by atoms with Crippen molar-refractivity contribution in [3.8, 4) is 11.6 Å². The molecule has 0 aliphatic heterocycles. The van der Waals surface area contributed by atoms with E-state index in [1.54, 1.807) is 18.5 Å². The highest BCUT2D eigenvalue weighted by atomic mass is 15.1. The number of hydrogen-bond acceptors (Lipinski definition) is 6. The molecule has 0 atom stereocenters. The van der Waals surface area contributed by atoms with E-state index in [-0.39, 0.29) is 5.95 Å². The Morgan fingerprint density at radius 2 is 1.63 bits per heavy atom. The molecule has 0 amide bonds. The largest absolute Gasteiger partial charge is 0.368 e. The summed E-state index contributed by atoms with van der Waals surface area (Å²) in [6.07, 6.45) is 9.34. The SMILES string of the molecule is Nc1nc(-c2ncccn2)nc(C2CCCCC2)n1. The van der Waals surface area contributed by atoms with Gasteiger partial charge in [-0.2, -0.15) is 9.97 Å². The van der Waals surface area contributed by atoms with Gasteiger partial charge in [0.05, 0.1) is 0 Å². The van der Waals surface area contributed by atoms with E-state index in [1.165, 1.54) is 19.3 Å². The smallest absolute Gasteiger partial charge is 0.223 e. The number of hydrogen-bond donors (Lipinski definition) is 1. The van der Waals surface area contributed by atoms with Gasteiger partial charge in [-0.25, -0.2) is 15.0 Å². The van der Waals surface area contributed by atoms with Crippen LogP contribution in [0.1, 0.15) is 43.8 Å². The fraction of sp³-hybridized carbons (Fsp3) is 0.462. The summed E-state index contributed by atoms with van der Waals surface area (Å²) in [5.41, 5.74) is 5.79. The maximum absolute atomic E-state index is 5.79. The Morgan fingerprint density at radius 1 is 0.895 bits per heavy atom. The van der Waals surface area contributed by atoms with Gasteiger partial charge in [-0.1, -0.05) is 19.3 Å².